The van der Waals surface area contributed by atoms with Crippen molar-refractivity contribution in [2.45, 2.75) is 19.4 Å². The van der Waals surface area contributed by atoms with Crippen molar-refractivity contribution in [1.82, 2.24) is 5.32 Å². The molecular weight excluding hydrogens is 322 g/mol. The first-order chi connectivity index (χ1) is 8.15. The van der Waals surface area contributed by atoms with Gasteiger partial charge in [-0.2, -0.15) is 0 Å². The van der Waals surface area contributed by atoms with E-state index in [0.29, 0.717) is 0 Å². The van der Waals surface area contributed by atoms with Crippen LogP contribution in [0.4, 0.5) is 0 Å². The van der Waals surface area contributed by atoms with Crippen molar-refractivity contribution in [3.63, 3.8) is 0 Å². The highest BCUT2D eigenvalue weighted by Crippen LogP contribution is 2.37. The van der Waals surface area contributed by atoms with E-state index in [1.54, 1.807) is 11.3 Å². The van der Waals surface area contributed by atoms with Crippen LogP contribution in [0.2, 0.25) is 4.34 Å². The maximum Gasteiger partial charge on any atom is 0.126 e. The predicted molar refractivity (Wildman–Crippen MR) is 76.0 cm³/mol. The van der Waals surface area contributed by atoms with Crippen molar-refractivity contribution < 1.29 is 4.42 Å². The van der Waals surface area contributed by atoms with E-state index in [9.17, 15) is 0 Å². The first kappa shape index (κ1) is 13.1. The Kier molecular flexibility index (Phi) is 4.31. The number of aryl methyl sites for hydroxylation is 1. The van der Waals surface area contributed by atoms with Crippen LogP contribution in [0.5, 0.6) is 0 Å². The zero-order valence-electron chi connectivity index (χ0n) is 9.59. The first-order valence-electron chi connectivity index (χ1n) is 5.36. The highest BCUT2D eigenvalue weighted by molar-refractivity contribution is 9.10. The van der Waals surface area contributed by atoms with Crippen molar-refractivity contribution in [3.05, 3.63) is 43.4 Å². The molecule has 0 saturated carbocycles. The van der Waals surface area contributed by atoms with Crippen LogP contribution in [0.3, 0.4) is 0 Å². The van der Waals surface area contributed by atoms with E-state index < -0.39 is 0 Å². The zero-order valence-corrected chi connectivity index (χ0v) is 12.7. The van der Waals surface area contributed by atoms with Crippen LogP contribution < -0.4 is 5.32 Å². The Morgan fingerprint density at radius 1 is 1.53 bits per heavy atom. The van der Waals surface area contributed by atoms with Gasteiger partial charge in [-0.1, -0.05) is 18.5 Å². The largest absolute Gasteiger partial charge is 0.464 e. The number of furan rings is 1. The Labute approximate surface area is 118 Å². The smallest absolute Gasteiger partial charge is 0.126 e. The van der Waals surface area contributed by atoms with Crippen LogP contribution in [-0.2, 0) is 6.42 Å². The van der Waals surface area contributed by atoms with E-state index in [2.05, 4.69) is 28.2 Å². The number of halogens is 2. The standard InChI is InChI=1S/C12H13BrClNOS/c1-3-7-4-5-9(16-7)11(15-2)10-6-8(13)12(14)17-10/h4-6,11,15H,3H2,1-2H3. The molecule has 2 nitrogen and oxygen atoms in total. The summed E-state index contributed by atoms with van der Waals surface area (Å²) < 4.78 is 7.47. The lowest BCUT2D eigenvalue weighted by molar-refractivity contribution is 0.436. The summed E-state index contributed by atoms with van der Waals surface area (Å²) in [4.78, 5) is 1.14. The number of rotatable bonds is 4. The van der Waals surface area contributed by atoms with Gasteiger partial charge in [0.1, 0.15) is 21.9 Å². The third-order valence-electron chi connectivity index (χ3n) is 2.55. The molecule has 2 aromatic rings. The molecule has 2 rings (SSSR count). The molecule has 0 aliphatic carbocycles. The summed E-state index contributed by atoms with van der Waals surface area (Å²) in [6.45, 7) is 2.08. The van der Waals surface area contributed by atoms with Gasteiger partial charge in [0.25, 0.3) is 0 Å². The van der Waals surface area contributed by atoms with Gasteiger partial charge in [-0.25, -0.2) is 0 Å². The molecule has 17 heavy (non-hydrogen) atoms. The van der Waals surface area contributed by atoms with E-state index in [-0.39, 0.29) is 6.04 Å². The molecule has 0 aliphatic heterocycles. The van der Waals surface area contributed by atoms with Gasteiger partial charge in [-0.15, -0.1) is 11.3 Å². The summed E-state index contributed by atoms with van der Waals surface area (Å²) >= 11 is 11.0. The summed E-state index contributed by atoms with van der Waals surface area (Å²) in [7, 11) is 1.92. The van der Waals surface area contributed by atoms with E-state index in [4.69, 9.17) is 16.0 Å². The van der Waals surface area contributed by atoms with Gasteiger partial charge in [-0.3, -0.25) is 0 Å². The van der Waals surface area contributed by atoms with Crippen LogP contribution in [0.1, 0.15) is 29.4 Å². The Morgan fingerprint density at radius 2 is 2.29 bits per heavy atom. The Balaban J connectivity index is 2.32. The lowest BCUT2D eigenvalue weighted by Crippen LogP contribution is -2.15. The van der Waals surface area contributed by atoms with Crippen LogP contribution in [0, 0.1) is 0 Å². The monoisotopic (exact) mass is 333 g/mol. The normalized spacial score (nSPS) is 12.9. The van der Waals surface area contributed by atoms with Crippen molar-refractivity contribution in [3.8, 4) is 0 Å². The molecule has 0 amide bonds. The van der Waals surface area contributed by atoms with Crippen LogP contribution in [0.25, 0.3) is 0 Å². The predicted octanol–water partition coefficient (Wildman–Crippen LogP) is 4.63. The highest BCUT2D eigenvalue weighted by Gasteiger charge is 2.19. The molecule has 2 heterocycles. The van der Waals surface area contributed by atoms with Gasteiger partial charge < -0.3 is 9.73 Å². The van der Waals surface area contributed by atoms with Crippen LogP contribution in [0.15, 0.2) is 27.1 Å². The van der Waals surface area contributed by atoms with Gasteiger partial charge in [0.05, 0.1) is 0 Å². The van der Waals surface area contributed by atoms with E-state index in [1.165, 1.54) is 0 Å². The fraction of sp³-hybridized carbons (Fsp3) is 0.333. The lowest BCUT2D eigenvalue weighted by Gasteiger charge is -2.11. The average Bonchev–Trinajstić information content (AvgIpc) is 2.89. The zero-order chi connectivity index (χ0) is 12.4. The molecule has 0 spiro atoms. The van der Waals surface area contributed by atoms with Crippen molar-refractivity contribution in [2.75, 3.05) is 7.05 Å². The Morgan fingerprint density at radius 3 is 2.76 bits per heavy atom. The molecule has 1 N–H and O–H groups in total. The van der Waals surface area contributed by atoms with Gasteiger partial charge in [0.15, 0.2) is 0 Å². The van der Waals surface area contributed by atoms with Crippen LogP contribution >= 0.6 is 38.9 Å². The molecular formula is C12H13BrClNOS. The molecule has 0 radical (unpaired) electrons. The molecule has 0 fully saturated rings. The number of nitrogens with one attached hydrogen (secondary N) is 1. The SMILES string of the molecule is CCc1ccc(C(NC)c2cc(Br)c(Cl)s2)o1. The molecule has 0 aliphatic rings. The molecule has 1 atom stereocenters. The van der Waals surface area contributed by atoms with Gasteiger partial charge in [0, 0.05) is 15.8 Å². The van der Waals surface area contributed by atoms with Crippen LogP contribution in [-0.4, -0.2) is 7.05 Å². The summed E-state index contributed by atoms with van der Waals surface area (Å²) in [6, 6.07) is 6.12. The highest BCUT2D eigenvalue weighted by atomic mass is 79.9. The topological polar surface area (TPSA) is 25.2 Å². The first-order valence-corrected chi connectivity index (χ1v) is 7.35. The van der Waals surface area contributed by atoms with Crippen molar-refractivity contribution in [1.29, 1.82) is 0 Å². The number of thiophene rings is 1. The minimum atomic E-state index is 0.0594. The fourth-order valence-corrected chi connectivity index (χ4v) is 3.52. The van der Waals surface area contributed by atoms with Crippen molar-refractivity contribution in [2.24, 2.45) is 0 Å². The number of hydrogen-bond acceptors (Lipinski definition) is 3. The van der Waals surface area contributed by atoms with Gasteiger partial charge >= 0.3 is 0 Å². The molecule has 0 aromatic carbocycles. The van der Waals surface area contributed by atoms with E-state index in [0.717, 1.165) is 31.6 Å². The summed E-state index contributed by atoms with van der Waals surface area (Å²) in [5.74, 6) is 1.93. The quantitative estimate of drug-likeness (QED) is 0.882. The molecule has 5 heteroatoms. The minimum absolute atomic E-state index is 0.0594. The van der Waals surface area contributed by atoms with Crippen molar-refractivity contribution >= 4 is 38.9 Å². The third-order valence-corrected chi connectivity index (χ3v) is 5.09. The summed E-state index contributed by atoms with van der Waals surface area (Å²) in [6.07, 6.45) is 0.908. The maximum absolute atomic E-state index is 6.06. The second kappa shape index (κ2) is 5.57. The van der Waals surface area contributed by atoms with E-state index >= 15 is 0 Å². The Bertz CT molecular complexity index is 489. The van der Waals surface area contributed by atoms with E-state index in [1.807, 2.05) is 25.2 Å². The second-order valence-electron chi connectivity index (χ2n) is 3.65. The Hall–Kier alpha value is -0.290. The third kappa shape index (κ3) is 2.76. The molecule has 92 valence electrons. The summed E-state index contributed by atoms with van der Waals surface area (Å²) in [5.41, 5.74) is 0. The van der Waals surface area contributed by atoms with Gasteiger partial charge in [0.2, 0.25) is 0 Å². The lowest BCUT2D eigenvalue weighted by atomic mass is 10.2. The molecule has 0 bridgehead atoms. The average molecular weight is 335 g/mol. The molecule has 1 unspecified atom stereocenters. The fourth-order valence-electron chi connectivity index (χ4n) is 1.67. The number of hydrogen-bond donors (Lipinski definition) is 1. The molecule has 0 saturated heterocycles. The maximum atomic E-state index is 6.06. The second-order valence-corrected chi connectivity index (χ2v) is 6.19. The molecule has 2 aromatic heterocycles. The summed E-state index contributed by atoms with van der Waals surface area (Å²) in [5, 5.41) is 3.25. The van der Waals surface area contributed by atoms with Gasteiger partial charge in [-0.05, 0) is 41.2 Å². The minimum Gasteiger partial charge on any atom is -0.464 e.